The highest BCUT2D eigenvalue weighted by molar-refractivity contribution is 5.70. The summed E-state index contributed by atoms with van der Waals surface area (Å²) in [5.74, 6) is 0.976. The maximum absolute atomic E-state index is 13.7. The largest absolute Gasteiger partial charge is 0.207 e. The summed E-state index contributed by atoms with van der Waals surface area (Å²) in [4.78, 5) is 0. The number of hydrogen-bond acceptors (Lipinski definition) is 0. The Morgan fingerprint density at radius 3 is 2.30 bits per heavy atom. The van der Waals surface area contributed by atoms with E-state index in [0.29, 0.717) is 11.8 Å². The Morgan fingerprint density at radius 2 is 1.59 bits per heavy atom. The molecule has 1 unspecified atom stereocenters. The summed E-state index contributed by atoms with van der Waals surface area (Å²) in [6.45, 7) is 2.27. The molecule has 0 amide bonds. The molecule has 0 nitrogen and oxygen atoms in total. The quantitative estimate of drug-likeness (QED) is 0.404. The van der Waals surface area contributed by atoms with E-state index in [2.05, 4.69) is 19.1 Å². The molecule has 1 aromatic carbocycles. The highest BCUT2D eigenvalue weighted by Gasteiger charge is 2.30. The molecular formula is C25H34F2. The minimum atomic E-state index is -0.481. The van der Waals surface area contributed by atoms with Gasteiger partial charge in [-0.3, -0.25) is 0 Å². The van der Waals surface area contributed by atoms with Crippen LogP contribution < -0.4 is 0 Å². The Labute approximate surface area is 163 Å². The van der Waals surface area contributed by atoms with E-state index in [1.54, 1.807) is 0 Å². The van der Waals surface area contributed by atoms with Gasteiger partial charge in [-0.2, -0.15) is 0 Å². The first kappa shape index (κ1) is 20.3. The minimum Gasteiger partial charge on any atom is -0.207 e. The molecule has 0 heterocycles. The molecule has 0 N–H and O–H groups in total. The van der Waals surface area contributed by atoms with Gasteiger partial charge in [-0.25, -0.2) is 8.78 Å². The zero-order chi connectivity index (χ0) is 19.1. The van der Waals surface area contributed by atoms with Gasteiger partial charge in [0.15, 0.2) is 0 Å². The fraction of sp³-hybridized carbons (Fsp3) is 0.600. The predicted octanol–water partition coefficient (Wildman–Crippen LogP) is 8.09. The fourth-order valence-electron chi connectivity index (χ4n) is 5.04. The predicted molar refractivity (Wildman–Crippen MR) is 110 cm³/mol. The first-order valence-corrected chi connectivity index (χ1v) is 11.0. The van der Waals surface area contributed by atoms with E-state index in [0.717, 1.165) is 29.5 Å². The molecule has 1 saturated carbocycles. The van der Waals surface area contributed by atoms with Crippen molar-refractivity contribution >= 4 is 5.57 Å². The lowest BCUT2D eigenvalue weighted by Gasteiger charge is -2.36. The van der Waals surface area contributed by atoms with Gasteiger partial charge >= 0.3 is 0 Å². The summed E-state index contributed by atoms with van der Waals surface area (Å²) in [6, 6.07) is 3.94. The third kappa shape index (κ3) is 5.77. The summed E-state index contributed by atoms with van der Waals surface area (Å²) < 4.78 is 27.4. The molecule has 0 radical (unpaired) electrons. The first-order chi connectivity index (χ1) is 13.2. The monoisotopic (exact) mass is 372 g/mol. The topological polar surface area (TPSA) is 0 Å². The van der Waals surface area contributed by atoms with Gasteiger partial charge in [-0.1, -0.05) is 76.5 Å². The van der Waals surface area contributed by atoms with Crippen LogP contribution in [0, 0.1) is 29.4 Å². The first-order valence-electron chi connectivity index (χ1n) is 11.0. The molecule has 1 aromatic rings. The third-order valence-corrected chi connectivity index (χ3v) is 6.57. The van der Waals surface area contributed by atoms with Crippen LogP contribution in [0.5, 0.6) is 0 Å². The van der Waals surface area contributed by atoms with Gasteiger partial charge in [0.1, 0.15) is 11.6 Å². The van der Waals surface area contributed by atoms with Crippen molar-refractivity contribution < 1.29 is 8.78 Å². The highest BCUT2D eigenvalue weighted by Crippen LogP contribution is 2.43. The second-order valence-corrected chi connectivity index (χ2v) is 8.53. The van der Waals surface area contributed by atoms with Crippen molar-refractivity contribution in [3.63, 3.8) is 0 Å². The van der Waals surface area contributed by atoms with E-state index in [4.69, 9.17) is 0 Å². The smallest absolute Gasteiger partial charge is 0.126 e. The van der Waals surface area contributed by atoms with Gasteiger partial charge < -0.3 is 0 Å². The lowest BCUT2D eigenvalue weighted by atomic mass is 9.69. The van der Waals surface area contributed by atoms with E-state index in [1.807, 2.05) is 6.08 Å². The number of allylic oxidation sites excluding steroid dienone is 4. The Kier molecular flexibility index (Phi) is 7.67. The molecule has 0 spiro atoms. The molecule has 1 fully saturated rings. The molecular weight excluding hydrogens is 338 g/mol. The summed E-state index contributed by atoms with van der Waals surface area (Å²) >= 11 is 0. The second kappa shape index (κ2) is 10.2. The van der Waals surface area contributed by atoms with Gasteiger partial charge in [-0.05, 0) is 60.3 Å². The van der Waals surface area contributed by atoms with Crippen LogP contribution in [-0.4, -0.2) is 0 Å². The summed E-state index contributed by atoms with van der Waals surface area (Å²) in [7, 11) is 0. The van der Waals surface area contributed by atoms with Crippen LogP contribution in [0.3, 0.4) is 0 Å². The molecule has 2 aliphatic carbocycles. The molecule has 148 valence electrons. The molecule has 0 bridgehead atoms. The van der Waals surface area contributed by atoms with Crippen molar-refractivity contribution in [1.29, 1.82) is 0 Å². The summed E-state index contributed by atoms with van der Waals surface area (Å²) in [6.07, 6.45) is 20.7. The van der Waals surface area contributed by atoms with Crippen LogP contribution >= 0.6 is 0 Å². The van der Waals surface area contributed by atoms with E-state index in [1.165, 1.54) is 76.3 Å². The van der Waals surface area contributed by atoms with Crippen molar-refractivity contribution in [2.24, 2.45) is 17.8 Å². The Hall–Kier alpha value is -1.44. The molecule has 0 saturated heterocycles. The Bertz CT molecular complexity index is 630. The van der Waals surface area contributed by atoms with Crippen molar-refractivity contribution in [2.75, 3.05) is 0 Å². The molecule has 2 heteroatoms. The van der Waals surface area contributed by atoms with Gasteiger partial charge in [0.2, 0.25) is 0 Å². The van der Waals surface area contributed by atoms with E-state index < -0.39 is 11.6 Å². The van der Waals surface area contributed by atoms with Crippen LogP contribution in [0.1, 0.15) is 83.1 Å². The molecule has 27 heavy (non-hydrogen) atoms. The van der Waals surface area contributed by atoms with Gasteiger partial charge in [0.05, 0.1) is 0 Å². The SMILES string of the molecule is CCCCCCCC1CCC(C2CC=CC=C2c2cc(F)cc(F)c2)CC1. The maximum atomic E-state index is 13.7. The zero-order valence-corrected chi connectivity index (χ0v) is 16.7. The van der Waals surface area contributed by atoms with E-state index >= 15 is 0 Å². The number of hydrogen-bond donors (Lipinski definition) is 0. The molecule has 3 rings (SSSR count). The van der Waals surface area contributed by atoms with Crippen LogP contribution in [0.2, 0.25) is 0 Å². The van der Waals surface area contributed by atoms with Gasteiger partial charge in [0, 0.05) is 6.07 Å². The summed E-state index contributed by atoms with van der Waals surface area (Å²) in [5.41, 5.74) is 1.85. The number of halogens is 2. The highest BCUT2D eigenvalue weighted by atomic mass is 19.1. The van der Waals surface area contributed by atoms with Crippen molar-refractivity contribution in [3.8, 4) is 0 Å². The lowest BCUT2D eigenvalue weighted by Crippen LogP contribution is -2.23. The Balaban J connectivity index is 1.55. The maximum Gasteiger partial charge on any atom is 0.126 e. The number of rotatable bonds is 8. The van der Waals surface area contributed by atoms with Crippen molar-refractivity contribution in [3.05, 3.63) is 53.6 Å². The van der Waals surface area contributed by atoms with E-state index in [-0.39, 0.29) is 0 Å². The van der Waals surface area contributed by atoms with Gasteiger partial charge in [0.25, 0.3) is 0 Å². The van der Waals surface area contributed by atoms with Crippen molar-refractivity contribution in [1.82, 2.24) is 0 Å². The average Bonchev–Trinajstić information content (AvgIpc) is 2.68. The van der Waals surface area contributed by atoms with Crippen LogP contribution in [0.4, 0.5) is 8.78 Å². The third-order valence-electron chi connectivity index (χ3n) is 6.57. The zero-order valence-electron chi connectivity index (χ0n) is 16.7. The molecule has 0 aliphatic heterocycles. The molecule has 2 aliphatic rings. The van der Waals surface area contributed by atoms with Crippen molar-refractivity contribution in [2.45, 2.75) is 77.6 Å². The minimum absolute atomic E-state index is 0.404. The van der Waals surface area contributed by atoms with Crippen LogP contribution in [-0.2, 0) is 0 Å². The molecule has 0 aromatic heterocycles. The van der Waals surface area contributed by atoms with Gasteiger partial charge in [-0.15, -0.1) is 0 Å². The standard InChI is InChI=1S/C25H34F2/c1-2-3-4-5-6-9-19-12-14-20(15-13-19)24-10-7-8-11-25(24)21-16-22(26)18-23(27)17-21/h7-8,11,16-20,24H,2-6,9-10,12-15H2,1H3. The summed E-state index contributed by atoms with van der Waals surface area (Å²) in [5, 5.41) is 0. The normalized spacial score (nSPS) is 25.4. The fourth-order valence-corrected chi connectivity index (χ4v) is 5.04. The number of unbranched alkanes of at least 4 members (excludes halogenated alkanes) is 4. The van der Waals surface area contributed by atoms with E-state index in [9.17, 15) is 8.78 Å². The number of benzene rings is 1. The average molecular weight is 373 g/mol. The lowest BCUT2D eigenvalue weighted by molar-refractivity contribution is 0.222. The Morgan fingerprint density at radius 1 is 0.889 bits per heavy atom. The van der Waals surface area contributed by atoms with Crippen LogP contribution in [0.25, 0.3) is 5.57 Å². The molecule has 1 atom stereocenters. The van der Waals surface area contributed by atoms with Crippen LogP contribution in [0.15, 0.2) is 36.4 Å². The second-order valence-electron chi connectivity index (χ2n) is 8.53.